The van der Waals surface area contributed by atoms with E-state index in [2.05, 4.69) is 0 Å². The number of amides is 1. The number of carbonyl (C=O) groups is 2. The van der Waals surface area contributed by atoms with E-state index in [1.54, 1.807) is 30.3 Å². The zero-order valence-electron chi connectivity index (χ0n) is 19.4. The van der Waals surface area contributed by atoms with Gasteiger partial charge in [0, 0.05) is 6.54 Å². The van der Waals surface area contributed by atoms with Crippen LogP contribution in [-0.2, 0) is 9.59 Å². The van der Waals surface area contributed by atoms with E-state index in [0.29, 0.717) is 41.7 Å². The summed E-state index contributed by atoms with van der Waals surface area (Å²) < 4.78 is 16.5. The topological polar surface area (TPSA) is 85.3 Å². The van der Waals surface area contributed by atoms with Crippen LogP contribution in [0.25, 0.3) is 5.76 Å². The standard InChI is InChI=1S/C25H28ClNO6/c1-6-10-27-21(15-8-9-18(33-7-2)19(13-15)31-4)20(23(29)25(27)30)22(28)16-11-14(3)12-17(26)24(16)32-5/h8-9,11-13,21,28H,6-7,10H2,1-5H3/b22-20+. The predicted octanol–water partition coefficient (Wildman–Crippen LogP) is 4.90. The molecule has 1 aliphatic rings. The molecule has 176 valence electrons. The van der Waals surface area contributed by atoms with Crippen molar-refractivity contribution < 1.29 is 28.9 Å². The Morgan fingerprint density at radius 2 is 1.82 bits per heavy atom. The van der Waals surface area contributed by atoms with Crippen molar-refractivity contribution in [3.8, 4) is 17.2 Å². The Kier molecular flexibility index (Phi) is 7.53. The minimum Gasteiger partial charge on any atom is -0.507 e. The van der Waals surface area contributed by atoms with Crippen LogP contribution >= 0.6 is 11.6 Å². The molecule has 1 atom stereocenters. The lowest BCUT2D eigenvalue weighted by Crippen LogP contribution is -2.30. The van der Waals surface area contributed by atoms with Crippen molar-refractivity contribution in [3.05, 3.63) is 57.6 Å². The molecule has 33 heavy (non-hydrogen) atoms. The van der Waals surface area contributed by atoms with Crippen LogP contribution < -0.4 is 14.2 Å². The second-order valence-electron chi connectivity index (χ2n) is 7.66. The number of halogens is 1. The fourth-order valence-electron chi connectivity index (χ4n) is 4.08. The molecule has 0 bridgehead atoms. The number of ketones is 1. The number of hydrogen-bond donors (Lipinski definition) is 1. The molecule has 3 rings (SSSR count). The summed E-state index contributed by atoms with van der Waals surface area (Å²) >= 11 is 6.32. The summed E-state index contributed by atoms with van der Waals surface area (Å²) in [5, 5.41) is 11.6. The molecule has 1 aliphatic heterocycles. The Hall–Kier alpha value is -3.19. The van der Waals surface area contributed by atoms with Crippen molar-refractivity contribution in [1.82, 2.24) is 4.90 Å². The van der Waals surface area contributed by atoms with Gasteiger partial charge in [0.1, 0.15) is 11.5 Å². The first-order valence-electron chi connectivity index (χ1n) is 10.7. The highest BCUT2D eigenvalue weighted by Gasteiger charge is 2.46. The van der Waals surface area contributed by atoms with Crippen LogP contribution in [0, 0.1) is 6.92 Å². The molecule has 8 heteroatoms. The summed E-state index contributed by atoms with van der Waals surface area (Å²) in [7, 11) is 2.95. The van der Waals surface area contributed by atoms with Crippen LogP contribution in [0.1, 0.15) is 43.0 Å². The lowest BCUT2D eigenvalue weighted by Gasteiger charge is -2.25. The van der Waals surface area contributed by atoms with Gasteiger partial charge < -0.3 is 24.2 Å². The molecular formula is C25H28ClNO6. The van der Waals surface area contributed by atoms with Crippen molar-refractivity contribution >= 4 is 29.1 Å². The maximum absolute atomic E-state index is 13.1. The first-order valence-corrected chi connectivity index (χ1v) is 11.1. The van der Waals surface area contributed by atoms with Crippen LogP contribution in [0.2, 0.25) is 5.02 Å². The normalized spacial score (nSPS) is 17.4. The third-order valence-corrected chi connectivity index (χ3v) is 5.74. The maximum Gasteiger partial charge on any atom is 0.295 e. The number of benzene rings is 2. The van der Waals surface area contributed by atoms with E-state index < -0.39 is 17.7 Å². The average Bonchev–Trinajstić information content (AvgIpc) is 3.04. The number of ether oxygens (including phenoxy) is 3. The molecule has 2 aromatic carbocycles. The van der Waals surface area contributed by atoms with Crippen LogP contribution in [-0.4, -0.2) is 49.1 Å². The number of hydrogen-bond acceptors (Lipinski definition) is 6. The van der Waals surface area contributed by atoms with E-state index in [1.807, 2.05) is 20.8 Å². The highest BCUT2D eigenvalue weighted by atomic mass is 35.5. The van der Waals surface area contributed by atoms with Gasteiger partial charge in [0.25, 0.3) is 11.7 Å². The smallest absolute Gasteiger partial charge is 0.295 e. The summed E-state index contributed by atoms with van der Waals surface area (Å²) in [6.07, 6.45) is 0.636. The highest BCUT2D eigenvalue weighted by molar-refractivity contribution is 6.46. The Morgan fingerprint density at radius 3 is 2.42 bits per heavy atom. The minimum absolute atomic E-state index is 0.0281. The van der Waals surface area contributed by atoms with Gasteiger partial charge in [0.05, 0.1) is 43.0 Å². The molecular weight excluding hydrogens is 446 g/mol. The Bertz CT molecular complexity index is 1110. The van der Waals surface area contributed by atoms with Gasteiger partial charge in [-0.15, -0.1) is 0 Å². The van der Waals surface area contributed by atoms with Crippen molar-refractivity contribution in [2.24, 2.45) is 0 Å². The second kappa shape index (κ2) is 10.2. The van der Waals surface area contributed by atoms with Gasteiger partial charge in [-0.05, 0) is 55.7 Å². The molecule has 1 heterocycles. The van der Waals surface area contributed by atoms with E-state index >= 15 is 0 Å². The van der Waals surface area contributed by atoms with Crippen molar-refractivity contribution in [2.45, 2.75) is 33.2 Å². The zero-order valence-corrected chi connectivity index (χ0v) is 20.2. The highest BCUT2D eigenvalue weighted by Crippen LogP contribution is 2.44. The number of carbonyl (C=O) groups excluding carboxylic acids is 2. The summed E-state index contributed by atoms with van der Waals surface area (Å²) in [5.41, 5.74) is 1.60. The lowest BCUT2D eigenvalue weighted by atomic mass is 9.94. The van der Waals surface area contributed by atoms with Gasteiger partial charge in [0.2, 0.25) is 0 Å². The molecule has 0 radical (unpaired) electrons. The van der Waals surface area contributed by atoms with Crippen molar-refractivity contribution in [2.75, 3.05) is 27.4 Å². The van der Waals surface area contributed by atoms with Gasteiger partial charge >= 0.3 is 0 Å². The summed E-state index contributed by atoms with van der Waals surface area (Å²) in [6, 6.07) is 7.77. The van der Waals surface area contributed by atoms with Crippen LogP contribution in [0.15, 0.2) is 35.9 Å². The van der Waals surface area contributed by atoms with E-state index in [-0.39, 0.29) is 22.6 Å². The van der Waals surface area contributed by atoms with Crippen LogP contribution in [0.3, 0.4) is 0 Å². The quantitative estimate of drug-likeness (QED) is 0.333. The molecule has 1 saturated heterocycles. The number of rotatable bonds is 8. The first-order chi connectivity index (χ1) is 15.8. The van der Waals surface area contributed by atoms with E-state index in [9.17, 15) is 14.7 Å². The van der Waals surface area contributed by atoms with Crippen LogP contribution in [0.5, 0.6) is 17.2 Å². The Balaban J connectivity index is 2.27. The van der Waals surface area contributed by atoms with Crippen molar-refractivity contribution in [3.63, 3.8) is 0 Å². The largest absolute Gasteiger partial charge is 0.507 e. The van der Waals surface area contributed by atoms with Gasteiger partial charge in [0.15, 0.2) is 11.5 Å². The lowest BCUT2D eigenvalue weighted by molar-refractivity contribution is -0.139. The van der Waals surface area contributed by atoms with E-state index in [4.69, 9.17) is 25.8 Å². The monoisotopic (exact) mass is 473 g/mol. The predicted molar refractivity (Wildman–Crippen MR) is 126 cm³/mol. The summed E-state index contributed by atoms with van der Waals surface area (Å²) in [5.74, 6) is -0.542. The fourth-order valence-corrected chi connectivity index (χ4v) is 4.44. The molecule has 1 amide bonds. The molecule has 2 aromatic rings. The SMILES string of the molecule is CCCN1C(=O)C(=O)/C(=C(/O)c2cc(C)cc(Cl)c2OC)C1c1ccc(OCC)c(OC)c1. The van der Waals surface area contributed by atoms with Crippen molar-refractivity contribution in [1.29, 1.82) is 0 Å². The van der Waals surface area contributed by atoms with Crippen LogP contribution in [0.4, 0.5) is 0 Å². The third kappa shape index (κ3) is 4.50. The summed E-state index contributed by atoms with van der Waals surface area (Å²) in [4.78, 5) is 27.6. The van der Waals surface area contributed by atoms with E-state index in [1.165, 1.54) is 19.1 Å². The molecule has 0 saturated carbocycles. The fraction of sp³-hybridized carbons (Fsp3) is 0.360. The molecule has 1 fully saturated rings. The molecule has 0 aromatic heterocycles. The minimum atomic E-state index is -0.807. The molecule has 1 N–H and O–H groups in total. The number of aliphatic hydroxyl groups is 1. The molecule has 1 unspecified atom stereocenters. The number of aliphatic hydroxyl groups excluding tert-OH is 1. The van der Waals surface area contributed by atoms with Gasteiger partial charge in [-0.2, -0.15) is 0 Å². The molecule has 0 aliphatic carbocycles. The first kappa shape index (κ1) is 24.5. The number of likely N-dealkylation sites (tertiary alicyclic amines) is 1. The van der Waals surface area contributed by atoms with E-state index in [0.717, 1.165) is 5.56 Å². The maximum atomic E-state index is 13.1. The van der Waals surface area contributed by atoms with Gasteiger partial charge in [-0.3, -0.25) is 9.59 Å². The summed E-state index contributed by atoms with van der Waals surface area (Å²) in [6.45, 7) is 6.39. The number of Topliss-reactive ketones (excluding diaryl/α,β-unsaturated/α-hetero) is 1. The second-order valence-corrected chi connectivity index (χ2v) is 8.07. The number of methoxy groups -OCH3 is 2. The molecule has 7 nitrogen and oxygen atoms in total. The van der Waals surface area contributed by atoms with Gasteiger partial charge in [-0.1, -0.05) is 24.6 Å². The third-order valence-electron chi connectivity index (χ3n) is 5.45. The number of nitrogens with zero attached hydrogens (tertiary/aromatic N) is 1. The zero-order chi connectivity index (χ0) is 24.3. The average molecular weight is 474 g/mol. The number of aryl methyl sites for hydroxylation is 1. The van der Waals surface area contributed by atoms with Gasteiger partial charge in [-0.25, -0.2) is 0 Å². The Morgan fingerprint density at radius 1 is 1.09 bits per heavy atom. The molecule has 0 spiro atoms. The Labute approximate surface area is 198 Å².